The molecule has 0 radical (unpaired) electrons. The molecule has 0 spiro atoms. The number of rotatable bonds is 11. The summed E-state index contributed by atoms with van der Waals surface area (Å²) in [5.41, 5.74) is 2.57. The molecule has 0 aromatic heterocycles. The lowest BCUT2D eigenvalue weighted by Gasteiger charge is -2.21. The van der Waals surface area contributed by atoms with Gasteiger partial charge in [-0.05, 0) is 60.8 Å². The number of phenols is 1. The summed E-state index contributed by atoms with van der Waals surface area (Å²) < 4.78 is 10.7. The summed E-state index contributed by atoms with van der Waals surface area (Å²) >= 11 is 6.38. The minimum Gasteiger partial charge on any atom is -0.508 e. The number of aliphatic hydroxyl groups is 1. The van der Waals surface area contributed by atoms with Gasteiger partial charge in [0.2, 0.25) is 0 Å². The Bertz CT molecular complexity index is 1030. The number of ether oxygens (including phenoxy) is 2. The molecule has 0 aliphatic heterocycles. The van der Waals surface area contributed by atoms with Crippen molar-refractivity contribution in [2.24, 2.45) is 0 Å². The van der Waals surface area contributed by atoms with Crippen LogP contribution >= 0.6 is 24.0 Å². The molecule has 3 aromatic rings. The van der Waals surface area contributed by atoms with Crippen LogP contribution in [0.2, 0.25) is 5.02 Å². The van der Waals surface area contributed by atoms with Gasteiger partial charge in [-0.15, -0.1) is 12.4 Å². The van der Waals surface area contributed by atoms with E-state index in [2.05, 4.69) is 5.32 Å². The molecule has 3 aromatic carbocycles. The number of nitrogens with one attached hydrogen (secondary N) is 1. The first kappa shape index (κ1) is 27.5. The molecule has 0 aliphatic carbocycles. The van der Waals surface area contributed by atoms with Gasteiger partial charge in [0.25, 0.3) is 0 Å². The number of carbonyl (C=O) groups excluding carboxylic acids is 1. The summed E-state index contributed by atoms with van der Waals surface area (Å²) in [5.74, 6) is 0.201. The van der Waals surface area contributed by atoms with Crippen LogP contribution in [0.3, 0.4) is 0 Å². The van der Waals surface area contributed by atoms with Gasteiger partial charge in [-0.3, -0.25) is 0 Å². The normalized spacial score (nSPS) is 12.3. The minimum absolute atomic E-state index is 0. The Morgan fingerprint density at radius 3 is 2.44 bits per heavy atom. The summed E-state index contributed by atoms with van der Waals surface area (Å²) in [5, 5.41) is 23.7. The molecule has 0 amide bonds. The molecule has 3 N–H and O–H groups in total. The van der Waals surface area contributed by atoms with E-state index < -0.39 is 12.1 Å². The molecule has 3 rings (SSSR count). The lowest BCUT2D eigenvalue weighted by Crippen LogP contribution is -2.33. The van der Waals surface area contributed by atoms with Crippen molar-refractivity contribution in [2.75, 3.05) is 13.2 Å². The van der Waals surface area contributed by atoms with Crippen molar-refractivity contribution in [1.29, 1.82) is 0 Å². The summed E-state index contributed by atoms with van der Waals surface area (Å²) in [6.45, 7) is 2.52. The number of aromatic hydroxyl groups is 1. The largest absolute Gasteiger partial charge is 0.508 e. The van der Waals surface area contributed by atoms with Crippen molar-refractivity contribution in [2.45, 2.75) is 32.1 Å². The maximum absolute atomic E-state index is 11.9. The number of halogens is 2. The van der Waals surface area contributed by atoms with Crippen molar-refractivity contribution >= 4 is 30.0 Å². The van der Waals surface area contributed by atoms with Crippen LogP contribution in [0, 0.1) is 0 Å². The van der Waals surface area contributed by atoms with Gasteiger partial charge in [0, 0.05) is 11.1 Å². The monoisotopic (exact) mass is 505 g/mol. The third-order valence-electron chi connectivity index (χ3n) is 5.19. The molecule has 0 aliphatic rings. The fourth-order valence-electron chi connectivity index (χ4n) is 3.25. The third kappa shape index (κ3) is 8.54. The predicted octanol–water partition coefficient (Wildman–Crippen LogP) is 4.84. The smallest absolute Gasteiger partial charge is 0.344 e. The second kappa shape index (κ2) is 13.8. The molecule has 8 heteroatoms. The first-order valence-electron chi connectivity index (χ1n) is 10.7. The first-order chi connectivity index (χ1) is 15.9. The Kier molecular flexibility index (Phi) is 11.2. The molecule has 6 nitrogen and oxygen atoms in total. The average Bonchev–Trinajstić information content (AvgIpc) is 2.83. The summed E-state index contributed by atoms with van der Waals surface area (Å²) in [6.07, 6.45) is -0.0382. The van der Waals surface area contributed by atoms with Crippen LogP contribution in [0.25, 0.3) is 0 Å². The second-order valence-corrected chi connectivity index (χ2v) is 8.12. The van der Waals surface area contributed by atoms with Gasteiger partial charge in [0.1, 0.15) is 18.1 Å². The molecule has 0 saturated heterocycles. The van der Waals surface area contributed by atoms with Gasteiger partial charge in [-0.1, -0.05) is 60.1 Å². The van der Waals surface area contributed by atoms with Crippen molar-refractivity contribution < 1.29 is 24.5 Å². The lowest BCUT2D eigenvalue weighted by molar-refractivity contribution is -0.147. The second-order valence-electron chi connectivity index (χ2n) is 7.72. The van der Waals surface area contributed by atoms with Crippen LogP contribution in [0.15, 0.2) is 72.8 Å². The van der Waals surface area contributed by atoms with E-state index in [0.717, 1.165) is 16.7 Å². The summed E-state index contributed by atoms with van der Waals surface area (Å²) in [4.78, 5) is 11.9. The molecule has 0 bridgehead atoms. The number of hydrogen-bond acceptors (Lipinski definition) is 6. The van der Waals surface area contributed by atoms with E-state index >= 15 is 0 Å². The van der Waals surface area contributed by atoms with Crippen LogP contribution in [-0.2, 0) is 22.6 Å². The van der Waals surface area contributed by atoms with Crippen LogP contribution in [0.4, 0.5) is 0 Å². The number of phenolic OH excluding ortho intramolecular Hbond substituents is 1. The topological polar surface area (TPSA) is 88.0 Å². The number of benzene rings is 3. The molecule has 182 valence electrons. The van der Waals surface area contributed by atoms with Gasteiger partial charge in [-0.2, -0.15) is 0 Å². The Morgan fingerprint density at radius 1 is 1.06 bits per heavy atom. The van der Waals surface area contributed by atoms with Crippen LogP contribution in [-0.4, -0.2) is 35.4 Å². The molecule has 2 atom stereocenters. The van der Waals surface area contributed by atoms with E-state index in [1.165, 1.54) is 0 Å². The first-order valence-corrected chi connectivity index (χ1v) is 11.1. The molecule has 0 unspecified atom stereocenters. The van der Waals surface area contributed by atoms with Crippen molar-refractivity contribution in [3.05, 3.63) is 94.5 Å². The zero-order valence-electron chi connectivity index (χ0n) is 18.8. The molecule has 0 heterocycles. The predicted molar refractivity (Wildman–Crippen MR) is 135 cm³/mol. The number of aliphatic hydroxyl groups excluding tert-OH is 1. The van der Waals surface area contributed by atoms with Crippen LogP contribution < -0.4 is 10.1 Å². The van der Waals surface area contributed by atoms with E-state index in [1.54, 1.807) is 36.4 Å². The van der Waals surface area contributed by atoms with E-state index in [1.807, 2.05) is 43.3 Å². The number of carbonyl (C=O) groups is 1. The summed E-state index contributed by atoms with van der Waals surface area (Å²) in [6, 6.07) is 21.1. The Labute approximate surface area is 210 Å². The van der Waals surface area contributed by atoms with Gasteiger partial charge in [-0.25, -0.2) is 4.79 Å². The fraction of sp³-hybridized carbons (Fsp3) is 0.269. The van der Waals surface area contributed by atoms with E-state index in [0.29, 0.717) is 23.7 Å². The van der Waals surface area contributed by atoms with Gasteiger partial charge < -0.3 is 25.0 Å². The SMILES string of the molecule is C[C@H](NCCc1ccc(OCC(=O)OCc2ccccc2)cc1Cl)[C@H](O)c1ccc(O)cc1.Cl. The highest BCUT2D eigenvalue weighted by Gasteiger charge is 2.16. The Balaban J connectivity index is 0.00000408. The highest BCUT2D eigenvalue weighted by molar-refractivity contribution is 6.31. The van der Waals surface area contributed by atoms with Crippen LogP contribution in [0.5, 0.6) is 11.5 Å². The standard InChI is InChI=1S/C26H28ClNO5.ClH/c1-18(26(31)21-7-10-22(29)11-8-21)28-14-13-20-9-12-23(15-24(20)27)32-17-25(30)33-16-19-5-3-2-4-6-19;/h2-12,15,18,26,28-29,31H,13-14,16-17H2,1H3;1H/t18-,26-;/m0./s1. The third-order valence-corrected chi connectivity index (χ3v) is 5.54. The van der Waals surface area contributed by atoms with Gasteiger partial charge >= 0.3 is 5.97 Å². The maximum atomic E-state index is 11.9. The molecule has 0 fully saturated rings. The van der Waals surface area contributed by atoms with Gasteiger partial charge in [0.05, 0.1) is 6.10 Å². The summed E-state index contributed by atoms with van der Waals surface area (Å²) in [7, 11) is 0. The average molecular weight is 506 g/mol. The zero-order chi connectivity index (χ0) is 23.6. The molecular formula is C26H29Cl2NO5. The minimum atomic E-state index is -0.696. The van der Waals surface area contributed by atoms with Crippen molar-refractivity contribution in [1.82, 2.24) is 5.32 Å². The van der Waals surface area contributed by atoms with Crippen LogP contribution in [0.1, 0.15) is 29.7 Å². The highest BCUT2D eigenvalue weighted by Crippen LogP contribution is 2.24. The van der Waals surface area contributed by atoms with Crippen molar-refractivity contribution in [3.8, 4) is 11.5 Å². The zero-order valence-corrected chi connectivity index (χ0v) is 20.4. The number of hydrogen-bond donors (Lipinski definition) is 3. The lowest BCUT2D eigenvalue weighted by atomic mass is 10.0. The molecule has 0 saturated carbocycles. The molecule has 34 heavy (non-hydrogen) atoms. The molecular weight excluding hydrogens is 477 g/mol. The Morgan fingerprint density at radius 2 is 1.76 bits per heavy atom. The quantitative estimate of drug-likeness (QED) is 0.323. The van der Waals surface area contributed by atoms with E-state index in [9.17, 15) is 15.0 Å². The van der Waals surface area contributed by atoms with E-state index in [-0.39, 0.29) is 37.4 Å². The number of esters is 1. The van der Waals surface area contributed by atoms with E-state index in [4.69, 9.17) is 21.1 Å². The highest BCUT2D eigenvalue weighted by atomic mass is 35.5. The Hall–Kier alpha value is -2.77. The van der Waals surface area contributed by atoms with Crippen molar-refractivity contribution in [3.63, 3.8) is 0 Å². The van der Waals surface area contributed by atoms with Gasteiger partial charge in [0.15, 0.2) is 6.61 Å². The fourth-order valence-corrected chi connectivity index (χ4v) is 3.51. The maximum Gasteiger partial charge on any atom is 0.344 e.